The number of hydrogen-bond donors (Lipinski definition) is 3. The Hall–Kier alpha value is -1.40. The molecule has 0 radical (unpaired) electrons. The van der Waals surface area contributed by atoms with E-state index in [1.165, 1.54) is 6.08 Å². The molecule has 19 heavy (non-hydrogen) atoms. The minimum atomic E-state index is -1.04. The number of piperazine rings is 1. The molecule has 108 valence electrons. The van der Waals surface area contributed by atoms with Crippen molar-refractivity contribution in [3.63, 3.8) is 0 Å². The second-order valence-corrected chi connectivity index (χ2v) is 5.18. The molecule has 1 fully saturated rings. The van der Waals surface area contributed by atoms with Crippen LogP contribution in [0.5, 0.6) is 0 Å². The first-order valence-corrected chi connectivity index (χ1v) is 6.50. The Kier molecular flexibility index (Phi) is 5.50. The van der Waals surface area contributed by atoms with E-state index in [1.807, 2.05) is 13.8 Å². The number of amides is 1. The molecule has 6 nitrogen and oxygen atoms in total. The van der Waals surface area contributed by atoms with Crippen LogP contribution in [0.4, 0.5) is 0 Å². The number of hydrogen-bond acceptors (Lipinski definition) is 4. The van der Waals surface area contributed by atoms with Crippen molar-refractivity contribution in [1.82, 2.24) is 15.5 Å². The topological polar surface area (TPSA) is 81.7 Å². The summed E-state index contributed by atoms with van der Waals surface area (Å²) in [5.74, 6) is -1.30. The summed E-state index contributed by atoms with van der Waals surface area (Å²) in [6, 6.07) is -0.910. The van der Waals surface area contributed by atoms with E-state index >= 15 is 0 Å². The van der Waals surface area contributed by atoms with Crippen LogP contribution >= 0.6 is 0 Å². The van der Waals surface area contributed by atoms with Gasteiger partial charge in [0.15, 0.2) is 0 Å². The van der Waals surface area contributed by atoms with Gasteiger partial charge < -0.3 is 15.7 Å². The Morgan fingerprint density at radius 2 is 2.05 bits per heavy atom. The molecule has 1 rings (SSSR count). The molecule has 1 amide bonds. The lowest BCUT2D eigenvalue weighted by Gasteiger charge is -2.40. The van der Waals surface area contributed by atoms with Gasteiger partial charge in [-0.05, 0) is 20.3 Å². The van der Waals surface area contributed by atoms with Crippen molar-refractivity contribution in [2.75, 3.05) is 26.2 Å². The zero-order valence-corrected chi connectivity index (χ0v) is 11.6. The van der Waals surface area contributed by atoms with Gasteiger partial charge in [0, 0.05) is 26.2 Å². The van der Waals surface area contributed by atoms with Gasteiger partial charge in [-0.3, -0.25) is 9.69 Å². The molecule has 6 heteroatoms. The third-order valence-corrected chi connectivity index (χ3v) is 3.47. The molecular formula is C13H23N3O3. The van der Waals surface area contributed by atoms with Crippen molar-refractivity contribution < 1.29 is 14.7 Å². The molecule has 0 bridgehead atoms. The molecule has 0 spiro atoms. The Labute approximate surface area is 113 Å². The van der Waals surface area contributed by atoms with Crippen LogP contribution in [0, 0.1) is 0 Å². The van der Waals surface area contributed by atoms with Crippen molar-refractivity contribution in [2.45, 2.75) is 31.8 Å². The average molecular weight is 269 g/mol. The standard InChI is InChI=1S/C13H23N3O3/c1-4-5-10(11(17)18)15-12(19)13(2,3)16-8-6-14-7-9-16/h4,10,14H,1,5-9H2,2-3H3,(H,15,19)(H,17,18). The Bertz CT molecular complexity index is 349. The highest BCUT2D eigenvalue weighted by atomic mass is 16.4. The SMILES string of the molecule is C=CCC(NC(=O)C(C)(C)N1CCNCC1)C(=O)O. The molecule has 1 aliphatic rings. The van der Waals surface area contributed by atoms with E-state index in [-0.39, 0.29) is 12.3 Å². The number of aliphatic carboxylic acids is 1. The molecule has 3 N–H and O–H groups in total. The first-order chi connectivity index (χ1) is 8.89. The zero-order valence-electron chi connectivity index (χ0n) is 11.6. The highest BCUT2D eigenvalue weighted by Crippen LogP contribution is 2.15. The maximum Gasteiger partial charge on any atom is 0.326 e. The quantitative estimate of drug-likeness (QED) is 0.583. The molecule has 0 saturated carbocycles. The van der Waals surface area contributed by atoms with Crippen LogP contribution in [0.15, 0.2) is 12.7 Å². The maximum absolute atomic E-state index is 12.3. The highest BCUT2D eigenvalue weighted by molar-refractivity contribution is 5.89. The van der Waals surface area contributed by atoms with Crippen molar-refractivity contribution >= 4 is 11.9 Å². The molecule has 0 aliphatic carbocycles. The number of nitrogens with zero attached hydrogens (tertiary/aromatic N) is 1. The molecule has 0 aromatic heterocycles. The summed E-state index contributed by atoms with van der Waals surface area (Å²) in [6.45, 7) is 10.4. The van der Waals surface area contributed by atoms with Crippen LogP contribution in [0.1, 0.15) is 20.3 Å². The van der Waals surface area contributed by atoms with Gasteiger partial charge in [-0.25, -0.2) is 4.79 Å². The van der Waals surface area contributed by atoms with E-state index in [0.29, 0.717) is 0 Å². The molecule has 0 aromatic carbocycles. The number of carbonyl (C=O) groups is 2. The Morgan fingerprint density at radius 3 is 2.53 bits per heavy atom. The lowest BCUT2D eigenvalue weighted by Crippen LogP contribution is -2.61. The molecule has 0 aromatic rings. The normalized spacial score (nSPS) is 18.6. The molecule has 1 aliphatic heterocycles. The van der Waals surface area contributed by atoms with E-state index < -0.39 is 17.6 Å². The summed E-state index contributed by atoms with van der Waals surface area (Å²) in [5, 5.41) is 14.9. The first kappa shape index (κ1) is 15.7. The second kappa shape index (κ2) is 6.68. The fraction of sp³-hybridized carbons (Fsp3) is 0.692. The van der Waals surface area contributed by atoms with Gasteiger partial charge in [-0.1, -0.05) is 6.08 Å². The number of carbonyl (C=O) groups excluding carboxylic acids is 1. The van der Waals surface area contributed by atoms with E-state index in [9.17, 15) is 9.59 Å². The van der Waals surface area contributed by atoms with E-state index in [4.69, 9.17) is 5.11 Å². The monoisotopic (exact) mass is 269 g/mol. The van der Waals surface area contributed by atoms with E-state index in [1.54, 1.807) is 0 Å². The van der Waals surface area contributed by atoms with Gasteiger partial charge in [-0.15, -0.1) is 6.58 Å². The smallest absolute Gasteiger partial charge is 0.326 e. The zero-order chi connectivity index (χ0) is 14.5. The van der Waals surface area contributed by atoms with Crippen LogP contribution < -0.4 is 10.6 Å². The fourth-order valence-electron chi connectivity index (χ4n) is 2.09. The van der Waals surface area contributed by atoms with Crippen LogP contribution in [0.3, 0.4) is 0 Å². The molecular weight excluding hydrogens is 246 g/mol. The molecule has 1 heterocycles. The summed E-state index contributed by atoms with van der Waals surface area (Å²) in [5.41, 5.74) is -0.711. The largest absolute Gasteiger partial charge is 0.480 e. The first-order valence-electron chi connectivity index (χ1n) is 6.50. The van der Waals surface area contributed by atoms with Crippen molar-refractivity contribution in [3.05, 3.63) is 12.7 Å². The number of rotatable bonds is 6. The number of carboxylic acid groups (broad SMARTS) is 1. The summed E-state index contributed by atoms with van der Waals surface area (Å²) in [6.07, 6.45) is 1.72. The van der Waals surface area contributed by atoms with Gasteiger partial charge in [0.25, 0.3) is 0 Å². The second-order valence-electron chi connectivity index (χ2n) is 5.18. The van der Waals surface area contributed by atoms with Crippen molar-refractivity contribution in [2.24, 2.45) is 0 Å². The minimum absolute atomic E-state index is 0.221. The summed E-state index contributed by atoms with van der Waals surface area (Å²) >= 11 is 0. The molecule has 1 saturated heterocycles. The maximum atomic E-state index is 12.3. The van der Waals surface area contributed by atoms with Gasteiger partial charge in [0.05, 0.1) is 5.54 Å². The van der Waals surface area contributed by atoms with Gasteiger partial charge in [-0.2, -0.15) is 0 Å². The van der Waals surface area contributed by atoms with Gasteiger partial charge in [0.2, 0.25) is 5.91 Å². The molecule has 1 unspecified atom stereocenters. The van der Waals surface area contributed by atoms with Gasteiger partial charge in [0.1, 0.15) is 6.04 Å². The predicted molar refractivity (Wildman–Crippen MR) is 72.9 cm³/mol. The highest BCUT2D eigenvalue weighted by Gasteiger charge is 2.36. The molecule has 1 atom stereocenters. The van der Waals surface area contributed by atoms with Crippen LogP contribution in [-0.2, 0) is 9.59 Å². The van der Waals surface area contributed by atoms with Crippen LogP contribution in [0.25, 0.3) is 0 Å². The van der Waals surface area contributed by atoms with Crippen LogP contribution in [-0.4, -0.2) is 59.6 Å². The minimum Gasteiger partial charge on any atom is -0.480 e. The predicted octanol–water partition coefficient (Wildman–Crippen LogP) is -0.184. The summed E-state index contributed by atoms with van der Waals surface area (Å²) in [4.78, 5) is 25.4. The fourth-order valence-corrected chi connectivity index (χ4v) is 2.09. The lowest BCUT2D eigenvalue weighted by molar-refractivity contribution is -0.144. The summed E-state index contributed by atoms with van der Waals surface area (Å²) < 4.78 is 0. The van der Waals surface area contributed by atoms with Crippen molar-refractivity contribution in [1.29, 1.82) is 0 Å². The summed E-state index contributed by atoms with van der Waals surface area (Å²) in [7, 11) is 0. The third-order valence-electron chi connectivity index (χ3n) is 3.47. The lowest BCUT2D eigenvalue weighted by atomic mass is 9.99. The van der Waals surface area contributed by atoms with Crippen molar-refractivity contribution in [3.8, 4) is 0 Å². The van der Waals surface area contributed by atoms with E-state index in [2.05, 4.69) is 22.1 Å². The number of nitrogens with one attached hydrogen (secondary N) is 2. The average Bonchev–Trinajstić information content (AvgIpc) is 2.38. The van der Waals surface area contributed by atoms with Crippen LogP contribution in [0.2, 0.25) is 0 Å². The Morgan fingerprint density at radius 1 is 1.47 bits per heavy atom. The number of carboxylic acids is 1. The third kappa shape index (κ3) is 4.04. The van der Waals surface area contributed by atoms with E-state index in [0.717, 1.165) is 26.2 Å². The van der Waals surface area contributed by atoms with Gasteiger partial charge >= 0.3 is 5.97 Å². The Balaban J connectivity index is 2.68.